The molecule has 2 heterocycles. The molecule has 1 spiro atoms. The number of aromatic hydroxyl groups is 1. The van der Waals surface area contributed by atoms with Crippen LogP contribution in [-0.2, 0) is 27.8 Å². The summed E-state index contributed by atoms with van der Waals surface area (Å²) in [6.45, 7) is 2.24. The van der Waals surface area contributed by atoms with Crippen LogP contribution < -0.4 is 9.47 Å². The third-order valence-electron chi connectivity index (χ3n) is 9.14. The largest absolute Gasteiger partial charge is 0.508 e. The average molecular weight is 545 g/mol. The molecule has 7 nitrogen and oxygen atoms in total. The number of carbonyl (C=O) groups is 2. The number of rotatable bonds is 4. The third-order valence-corrected chi connectivity index (χ3v) is 9.88. The first-order valence-corrected chi connectivity index (χ1v) is 13.5. The molecular weight excluding hydrogens is 515 g/mol. The summed E-state index contributed by atoms with van der Waals surface area (Å²) < 4.78 is 12.2. The number of phenolic OH excluding ortho intramolecular Hbond substituents is 1. The van der Waals surface area contributed by atoms with E-state index in [0.29, 0.717) is 21.7 Å². The van der Waals surface area contributed by atoms with Crippen molar-refractivity contribution < 1.29 is 24.2 Å². The lowest BCUT2D eigenvalue weighted by molar-refractivity contribution is -0.139. The fourth-order valence-corrected chi connectivity index (χ4v) is 7.84. The van der Waals surface area contributed by atoms with E-state index in [-0.39, 0.29) is 47.4 Å². The van der Waals surface area contributed by atoms with E-state index in [1.165, 1.54) is 13.0 Å². The Balaban J connectivity index is 1.39. The molecule has 1 amide bonds. The van der Waals surface area contributed by atoms with Crippen LogP contribution in [-0.4, -0.2) is 65.6 Å². The molecule has 4 aliphatic rings. The highest BCUT2D eigenvalue weighted by Crippen LogP contribution is 2.65. The monoisotopic (exact) mass is 544 g/mol. The molecule has 2 fully saturated rings. The standard InChI is InChI=1S/C28H30Cl2N2O5/c1-14(33)36-23-13-22(34)16-12-21-17-5-7-20(27-28(17,8-9-31(21)2)25(16)26(23)37-27)32(3)24(35)11-15-4-6-18(29)19(30)10-15/h4,6,10,13,17,20-21,27,34H,5,7-9,11-12H2,1-3H3/t17-,20-,21+,27-,28-/m0/s1. The Morgan fingerprint density at radius 1 is 1.24 bits per heavy atom. The minimum atomic E-state index is -0.467. The van der Waals surface area contributed by atoms with Gasteiger partial charge in [0, 0.05) is 42.6 Å². The zero-order chi connectivity index (χ0) is 26.2. The van der Waals surface area contributed by atoms with Crippen molar-refractivity contribution in [2.45, 2.75) is 62.6 Å². The summed E-state index contributed by atoms with van der Waals surface area (Å²) in [7, 11) is 3.99. The number of hydrogen-bond acceptors (Lipinski definition) is 6. The van der Waals surface area contributed by atoms with E-state index in [9.17, 15) is 14.7 Å². The number of piperidine rings is 1. The number of likely N-dealkylation sites (tertiary alicyclic amines) is 1. The highest BCUT2D eigenvalue weighted by atomic mass is 35.5. The summed E-state index contributed by atoms with van der Waals surface area (Å²) in [6.07, 6.45) is 3.24. The van der Waals surface area contributed by atoms with Crippen molar-refractivity contribution in [1.29, 1.82) is 0 Å². The summed E-state index contributed by atoms with van der Waals surface area (Å²) in [5, 5.41) is 11.9. The van der Waals surface area contributed by atoms with E-state index in [1.807, 2.05) is 18.0 Å². The first-order chi connectivity index (χ1) is 17.6. The topological polar surface area (TPSA) is 79.3 Å². The van der Waals surface area contributed by atoms with Gasteiger partial charge in [0.15, 0.2) is 11.5 Å². The van der Waals surface area contributed by atoms with Crippen LogP contribution >= 0.6 is 23.2 Å². The van der Waals surface area contributed by atoms with Gasteiger partial charge in [0.1, 0.15) is 11.9 Å². The van der Waals surface area contributed by atoms with Gasteiger partial charge in [-0.3, -0.25) is 9.59 Å². The second kappa shape index (κ2) is 8.79. The highest BCUT2D eigenvalue weighted by molar-refractivity contribution is 6.42. The number of amides is 1. The molecule has 5 atom stereocenters. The van der Waals surface area contributed by atoms with Gasteiger partial charge >= 0.3 is 5.97 Å². The van der Waals surface area contributed by atoms with Gasteiger partial charge in [0.25, 0.3) is 0 Å². The van der Waals surface area contributed by atoms with Crippen LogP contribution in [0.5, 0.6) is 17.2 Å². The number of phenols is 1. The first kappa shape index (κ1) is 24.8. The molecule has 1 saturated heterocycles. The number of ether oxygens (including phenoxy) is 2. The van der Waals surface area contributed by atoms with Crippen molar-refractivity contribution in [3.8, 4) is 17.2 Å². The van der Waals surface area contributed by atoms with Crippen LogP contribution in [0.1, 0.15) is 42.9 Å². The van der Waals surface area contributed by atoms with Crippen LogP contribution in [0.25, 0.3) is 0 Å². The number of hydrogen-bond donors (Lipinski definition) is 1. The quantitative estimate of drug-likeness (QED) is 0.455. The van der Waals surface area contributed by atoms with Crippen molar-refractivity contribution >= 4 is 35.1 Å². The Hall–Kier alpha value is -2.48. The maximum atomic E-state index is 13.5. The van der Waals surface area contributed by atoms with Gasteiger partial charge in [-0.25, -0.2) is 0 Å². The van der Waals surface area contributed by atoms with Crippen LogP contribution in [0.15, 0.2) is 24.3 Å². The normalized spacial score (nSPS) is 29.3. The lowest BCUT2D eigenvalue weighted by Gasteiger charge is -2.59. The summed E-state index contributed by atoms with van der Waals surface area (Å²) in [6, 6.07) is 6.88. The predicted octanol–water partition coefficient (Wildman–Crippen LogP) is 4.36. The molecule has 2 aliphatic carbocycles. The van der Waals surface area contributed by atoms with Crippen molar-refractivity contribution in [2.75, 3.05) is 20.6 Å². The van der Waals surface area contributed by atoms with E-state index in [4.69, 9.17) is 32.7 Å². The van der Waals surface area contributed by atoms with Gasteiger partial charge < -0.3 is 24.4 Å². The zero-order valence-corrected chi connectivity index (χ0v) is 22.6. The van der Waals surface area contributed by atoms with Crippen molar-refractivity contribution in [3.63, 3.8) is 0 Å². The number of halogens is 2. The lowest BCUT2D eigenvalue weighted by Crippen LogP contribution is -2.68. The van der Waals surface area contributed by atoms with Crippen molar-refractivity contribution in [2.24, 2.45) is 5.92 Å². The van der Waals surface area contributed by atoms with Gasteiger partial charge in [0.05, 0.1) is 22.5 Å². The molecule has 0 unspecified atom stereocenters. The molecule has 2 aliphatic heterocycles. The smallest absolute Gasteiger partial charge is 0.308 e. The summed E-state index contributed by atoms with van der Waals surface area (Å²) in [4.78, 5) is 29.6. The number of likely N-dealkylation sites (N-methyl/N-ethyl adjacent to an activating group) is 2. The van der Waals surface area contributed by atoms with Gasteiger partial charge in [-0.1, -0.05) is 29.3 Å². The minimum absolute atomic E-state index is 0.0265. The molecule has 1 saturated carbocycles. The van der Waals surface area contributed by atoms with E-state index in [2.05, 4.69) is 11.9 Å². The molecule has 1 N–H and O–H groups in total. The maximum absolute atomic E-state index is 13.5. The molecule has 6 rings (SSSR count). The predicted molar refractivity (Wildman–Crippen MR) is 140 cm³/mol. The van der Waals surface area contributed by atoms with Gasteiger partial charge in [-0.2, -0.15) is 0 Å². The van der Waals surface area contributed by atoms with Crippen molar-refractivity contribution in [1.82, 2.24) is 9.80 Å². The van der Waals surface area contributed by atoms with Crippen LogP contribution in [0.4, 0.5) is 0 Å². The molecule has 9 heteroatoms. The second-order valence-electron chi connectivity index (χ2n) is 10.9. The van der Waals surface area contributed by atoms with E-state index >= 15 is 0 Å². The molecule has 2 aromatic carbocycles. The number of esters is 1. The summed E-state index contributed by atoms with van der Waals surface area (Å²) in [5.41, 5.74) is 2.31. The lowest BCUT2D eigenvalue weighted by atomic mass is 9.51. The Kier molecular flexibility index (Phi) is 5.90. The fraction of sp³-hybridized carbons (Fsp3) is 0.500. The molecule has 2 bridgehead atoms. The third kappa shape index (κ3) is 3.65. The van der Waals surface area contributed by atoms with E-state index < -0.39 is 5.97 Å². The zero-order valence-electron chi connectivity index (χ0n) is 21.1. The van der Waals surface area contributed by atoms with E-state index in [1.54, 1.807) is 12.1 Å². The van der Waals surface area contributed by atoms with E-state index in [0.717, 1.165) is 48.9 Å². The highest BCUT2D eigenvalue weighted by Gasteiger charge is 2.66. The Labute approximate surface area is 226 Å². The Morgan fingerprint density at radius 3 is 2.76 bits per heavy atom. The molecular formula is C28H30Cl2N2O5. The van der Waals surface area contributed by atoms with Crippen LogP contribution in [0.2, 0.25) is 10.0 Å². The van der Waals surface area contributed by atoms with Gasteiger partial charge in [-0.05, 0) is 62.9 Å². The summed E-state index contributed by atoms with van der Waals surface area (Å²) >= 11 is 12.2. The first-order valence-electron chi connectivity index (χ1n) is 12.8. The maximum Gasteiger partial charge on any atom is 0.308 e. The SMILES string of the molecule is CC(=O)Oc1cc(O)c2c3c1O[C@H]1[C@@H](N(C)C(=O)Cc4ccc(Cl)c(Cl)c4)CC[C@H]4[C@@H](C2)N(C)CC[C@@]341. The fourth-order valence-electron chi connectivity index (χ4n) is 7.52. The molecule has 196 valence electrons. The Morgan fingerprint density at radius 2 is 2.03 bits per heavy atom. The van der Waals surface area contributed by atoms with Gasteiger partial charge in [-0.15, -0.1) is 0 Å². The molecule has 37 heavy (non-hydrogen) atoms. The molecule has 0 radical (unpaired) electrons. The number of nitrogens with zero attached hydrogens (tertiary/aromatic N) is 2. The second-order valence-corrected chi connectivity index (χ2v) is 11.7. The van der Waals surface area contributed by atoms with Crippen molar-refractivity contribution in [3.05, 3.63) is 51.0 Å². The average Bonchev–Trinajstić information content (AvgIpc) is 3.19. The number of benzene rings is 2. The molecule has 0 aromatic heterocycles. The Bertz CT molecular complexity index is 1320. The van der Waals surface area contributed by atoms with Crippen LogP contribution in [0, 0.1) is 5.92 Å². The van der Waals surface area contributed by atoms with Crippen LogP contribution in [0.3, 0.4) is 0 Å². The minimum Gasteiger partial charge on any atom is -0.508 e. The molecule has 2 aromatic rings. The van der Waals surface area contributed by atoms with Gasteiger partial charge in [0.2, 0.25) is 5.91 Å². The summed E-state index contributed by atoms with van der Waals surface area (Å²) in [5.74, 6) is 0.785. The number of carbonyl (C=O) groups excluding carboxylic acids is 2.